The molecule has 4 nitrogen and oxygen atoms in total. The van der Waals surface area contributed by atoms with Crippen LogP contribution in [0.2, 0.25) is 0 Å². The molecule has 0 saturated heterocycles. The van der Waals surface area contributed by atoms with Crippen LogP contribution in [0, 0.1) is 5.82 Å². The normalized spacial score (nSPS) is 16.4. The lowest BCUT2D eigenvalue weighted by Gasteiger charge is -2.31. The van der Waals surface area contributed by atoms with E-state index in [2.05, 4.69) is 25.2 Å². The number of ether oxygens (including phenoxy) is 3. The summed E-state index contributed by atoms with van der Waals surface area (Å²) in [4.78, 5) is 0. The lowest BCUT2D eigenvalue weighted by Crippen LogP contribution is -2.31. The standard InChI is InChI=1S/C20H20FNO3/c1-20(2)9-17-19-13(10-25-17)18(16(24-4)8-14(19)22-20)12-6-5-11(21)7-15(12)23-3/h5-9,22H,10H2,1-4H3. The Kier molecular flexibility index (Phi) is 3.42. The second kappa shape index (κ2) is 5.41. The van der Waals surface area contributed by atoms with Crippen molar-refractivity contribution in [1.29, 1.82) is 0 Å². The molecule has 0 saturated carbocycles. The Morgan fingerprint density at radius 1 is 1.08 bits per heavy atom. The van der Waals surface area contributed by atoms with Gasteiger partial charge in [0.05, 0.1) is 19.8 Å². The van der Waals surface area contributed by atoms with E-state index in [0.717, 1.165) is 33.7 Å². The largest absolute Gasteiger partial charge is 0.496 e. The Balaban J connectivity index is 2.01. The molecule has 2 aliphatic rings. The summed E-state index contributed by atoms with van der Waals surface area (Å²) in [6.45, 7) is 4.63. The second-order valence-corrected chi connectivity index (χ2v) is 6.84. The molecule has 2 aliphatic heterocycles. The van der Waals surface area contributed by atoms with Gasteiger partial charge in [-0.1, -0.05) is 0 Å². The van der Waals surface area contributed by atoms with Crippen LogP contribution in [0.1, 0.15) is 25.0 Å². The molecule has 4 rings (SSSR count). The topological polar surface area (TPSA) is 39.7 Å². The van der Waals surface area contributed by atoms with Gasteiger partial charge in [-0.2, -0.15) is 0 Å². The number of hydrogen-bond acceptors (Lipinski definition) is 4. The minimum Gasteiger partial charge on any atom is -0.496 e. The zero-order valence-corrected chi connectivity index (χ0v) is 14.7. The van der Waals surface area contributed by atoms with E-state index in [9.17, 15) is 4.39 Å². The molecular formula is C20H20FNO3. The number of methoxy groups -OCH3 is 2. The van der Waals surface area contributed by atoms with Crippen molar-refractivity contribution in [3.8, 4) is 22.6 Å². The van der Waals surface area contributed by atoms with Gasteiger partial charge in [0.1, 0.15) is 29.7 Å². The van der Waals surface area contributed by atoms with Gasteiger partial charge in [-0.3, -0.25) is 0 Å². The van der Waals surface area contributed by atoms with Crippen LogP contribution in [0.15, 0.2) is 30.3 Å². The van der Waals surface area contributed by atoms with E-state index in [-0.39, 0.29) is 11.4 Å². The monoisotopic (exact) mass is 341 g/mol. The first-order valence-electron chi connectivity index (χ1n) is 8.15. The molecule has 2 heterocycles. The van der Waals surface area contributed by atoms with Crippen molar-refractivity contribution in [2.75, 3.05) is 19.5 Å². The molecule has 0 radical (unpaired) electrons. The third-order valence-corrected chi connectivity index (χ3v) is 4.61. The van der Waals surface area contributed by atoms with Crippen LogP contribution < -0.4 is 14.8 Å². The highest BCUT2D eigenvalue weighted by Gasteiger charge is 2.35. The highest BCUT2D eigenvalue weighted by molar-refractivity contribution is 5.92. The molecule has 0 bridgehead atoms. The third kappa shape index (κ3) is 2.42. The van der Waals surface area contributed by atoms with Crippen LogP contribution in [0.3, 0.4) is 0 Å². The Bertz CT molecular complexity index is 902. The van der Waals surface area contributed by atoms with Crippen molar-refractivity contribution >= 4 is 11.4 Å². The average Bonchev–Trinajstić information content (AvgIpc) is 2.98. The van der Waals surface area contributed by atoms with Gasteiger partial charge in [0.2, 0.25) is 0 Å². The molecule has 2 aromatic rings. The summed E-state index contributed by atoms with van der Waals surface area (Å²) in [5.74, 6) is 1.71. The summed E-state index contributed by atoms with van der Waals surface area (Å²) in [5.41, 5.74) is 4.51. The molecule has 25 heavy (non-hydrogen) atoms. The first-order valence-corrected chi connectivity index (χ1v) is 8.15. The van der Waals surface area contributed by atoms with Crippen molar-refractivity contribution in [3.63, 3.8) is 0 Å². The fraction of sp³-hybridized carbons (Fsp3) is 0.300. The van der Waals surface area contributed by atoms with Crippen LogP contribution in [-0.4, -0.2) is 19.8 Å². The fourth-order valence-electron chi connectivity index (χ4n) is 3.61. The van der Waals surface area contributed by atoms with E-state index < -0.39 is 0 Å². The van der Waals surface area contributed by atoms with E-state index in [4.69, 9.17) is 14.2 Å². The van der Waals surface area contributed by atoms with Gasteiger partial charge in [-0.05, 0) is 32.1 Å². The van der Waals surface area contributed by atoms with Crippen molar-refractivity contribution < 1.29 is 18.6 Å². The predicted molar refractivity (Wildman–Crippen MR) is 95.4 cm³/mol. The Hall–Kier alpha value is -2.69. The fourth-order valence-corrected chi connectivity index (χ4v) is 3.61. The first kappa shape index (κ1) is 15.8. The van der Waals surface area contributed by atoms with E-state index in [1.54, 1.807) is 13.2 Å². The molecule has 1 N–H and O–H groups in total. The second-order valence-electron chi connectivity index (χ2n) is 6.84. The summed E-state index contributed by atoms with van der Waals surface area (Å²) in [6, 6.07) is 6.50. The third-order valence-electron chi connectivity index (χ3n) is 4.61. The molecule has 130 valence electrons. The molecule has 0 atom stereocenters. The number of nitrogens with one attached hydrogen (secondary N) is 1. The highest BCUT2D eigenvalue weighted by atomic mass is 19.1. The van der Waals surface area contributed by atoms with Crippen molar-refractivity contribution in [1.82, 2.24) is 0 Å². The van der Waals surface area contributed by atoms with Crippen molar-refractivity contribution in [2.45, 2.75) is 26.0 Å². The van der Waals surface area contributed by atoms with Crippen LogP contribution in [0.4, 0.5) is 10.1 Å². The van der Waals surface area contributed by atoms with Crippen molar-refractivity contribution in [2.24, 2.45) is 0 Å². The molecular weight excluding hydrogens is 321 g/mol. The van der Waals surface area contributed by atoms with Gasteiger partial charge in [-0.25, -0.2) is 4.39 Å². The van der Waals surface area contributed by atoms with Crippen LogP contribution in [0.5, 0.6) is 11.5 Å². The van der Waals surface area contributed by atoms with Gasteiger partial charge >= 0.3 is 0 Å². The molecule has 0 unspecified atom stereocenters. The predicted octanol–water partition coefficient (Wildman–Crippen LogP) is 4.59. The molecule has 0 aromatic heterocycles. The van der Waals surface area contributed by atoms with Crippen molar-refractivity contribution in [3.05, 3.63) is 47.3 Å². The molecule has 2 aromatic carbocycles. The minimum absolute atomic E-state index is 0.204. The first-order chi connectivity index (χ1) is 11.9. The Morgan fingerprint density at radius 2 is 1.84 bits per heavy atom. The zero-order valence-electron chi connectivity index (χ0n) is 14.7. The summed E-state index contributed by atoms with van der Waals surface area (Å²) in [5, 5.41) is 3.51. The van der Waals surface area contributed by atoms with E-state index in [1.807, 2.05) is 6.07 Å². The maximum absolute atomic E-state index is 13.6. The summed E-state index contributed by atoms with van der Waals surface area (Å²) in [6.07, 6.45) is 2.09. The number of benzene rings is 2. The number of halogens is 1. The smallest absolute Gasteiger partial charge is 0.129 e. The van der Waals surface area contributed by atoms with Gasteiger partial charge < -0.3 is 19.5 Å². The highest BCUT2D eigenvalue weighted by Crippen LogP contribution is 2.50. The average molecular weight is 341 g/mol. The van der Waals surface area contributed by atoms with Gasteiger partial charge in [0.15, 0.2) is 0 Å². The van der Waals surface area contributed by atoms with E-state index in [1.165, 1.54) is 19.2 Å². The summed E-state index contributed by atoms with van der Waals surface area (Å²) >= 11 is 0. The van der Waals surface area contributed by atoms with E-state index in [0.29, 0.717) is 18.1 Å². The number of rotatable bonds is 3. The summed E-state index contributed by atoms with van der Waals surface area (Å²) < 4.78 is 30.6. The quantitative estimate of drug-likeness (QED) is 0.887. The Morgan fingerprint density at radius 3 is 2.56 bits per heavy atom. The summed E-state index contributed by atoms with van der Waals surface area (Å²) in [7, 11) is 3.17. The SMILES string of the molecule is COc1cc(F)ccc1-c1c(OC)cc2c3c1COC3=CC(C)(C)N2. The van der Waals surface area contributed by atoms with Crippen LogP contribution >= 0.6 is 0 Å². The molecule has 0 amide bonds. The molecule has 5 heteroatoms. The minimum atomic E-state index is -0.339. The lowest BCUT2D eigenvalue weighted by molar-refractivity contribution is 0.283. The zero-order chi connectivity index (χ0) is 17.8. The Labute approximate surface area is 146 Å². The van der Waals surface area contributed by atoms with Gasteiger partial charge in [0, 0.05) is 40.1 Å². The molecule has 0 aliphatic carbocycles. The number of anilines is 1. The maximum Gasteiger partial charge on any atom is 0.129 e. The van der Waals surface area contributed by atoms with Crippen LogP contribution in [-0.2, 0) is 11.3 Å². The van der Waals surface area contributed by atoms with Crippen LogP contribution in [0.25, 0.3) is 16.9 Å². The number of hydrogen-bond donors (Lipinski definition) is 1. The van der Waals surface area contributed by atoms with Gasteiger partial charge in [-0.15, -0.1) is 0 Å². The molecule has 0 fully saturated rings. The maximum atomic E-state index is 13.6. The van der Waals surface area contributed by atoms with Gasteiger partial charge in [0.25, 0.3) is 0 Å². The molecule has 0 spiro atoms. The lowest BCUT2D eigenvalue weighted by atomic mass is 9.89. The van der Waals surface area contributed by atoms with E-state index >= 15 is 0 Å².